The highest BCUT2D eigenvalue weighted by molar-refractivity contribution is 8.00. The van der Waals surface area contributed by atoms with Crippen LogP contribution in [0, 0.1) is 6.92 Å². The first-order chi connectivity index (χ1) is 12.5. The van der Waals surface area contributed by atoms with E-state index in [1.165, 1.54) is 11.8 Å². The Morgan fingerprint density at radius 2 is 1.96 bits per heavy atom. The van der Waals surface area contributed by atoms with E-state index in [-0.39, 0.29) is 11.2 Å². The van der Waals surface area contributed by atoms with Gasteiger partial charge in [0.15, 0.2) is 11.0 Å². The van der Waals surface area contributed by atoms with Gasteiger partial charge in [0.25, 0.3) is 0 Å². The Kier molecular flexibility index (Phi) is 5.64. The minimum Gasteiger partial charge on any atom is -0.325 e. The number of hydrogen-bond acceptors (Lipinski definition) is 4. The Balaban J connectivity index is 1.73. The molecule has 0 saturated heterocycles. The van der Waals surface area contributed by atoms with Gasteiger partial charge in [0, 0.05) is 23.3 Å². The van der Waals surface area contributed by atoms with E-state index in [4.69, 9.17) is 11.6 Å². The molecule has 0 aliphatic heterocycles. The van der Waals surface area contributed by atoms with Gasteiger partial charge in [0.2, 0.25) is 5.91 Å². The van der Waals surface area contributed by atoms with E-state index in [1.54, 1.807) is 24.3 Å². The Morgan fingerprint density at radius 3 is 2.69 bits per heavy atom. The molecule has 26 heavy (non-hydrogen) atoms. The van der Waals surface area contributed by atoms with E-state index in [0.29, 0.717) is 15.9 Å². The molecule has 134 valence electrons. The molecule has 0 aliphatic carbocycles. The minimum absolute atomic E-state index is 0.113. The van der Waals surface area contributed by atoms with Gasteiger partial charge in [-0.2, -0.15) is 0 Å². The van der Waals surface area contributed by atoms with Gasteiger partial charge in [-0.25, -0.2) is 0 Å². The van der Waals surface area contributed by atoms with Gasteiger partial charge in [0.1, 0.15) is 0 Å². The first-order valence-electron chi connectivity index (χ1n) is 8.14. The van der Waals surface area contributed by atoms with Crippen molar-refractivity contribution in [2.24, 2.45) is 7.05 Å². The molecule has 0 saturated carbocycles. The third-order valence-corrected chi connectivity index (χ3v) is 5.33. The summed E-state index contributed by atoms with van der Waals surface area (Å²) in [5.74, 6) is 0.672. The first kappa shape index (κ1) is 18.5. The highest BCUT2D eigenvalue weighted by atomic mass is 35.5. The Hall–Kier alpha value is -2.31. The van der Waals surface area contributed by atoms with Crippen molar-refractivity contribution >= 4 is 35.0 Å². The van der Waals surface area contributed by atoms with E-state index in [9.17, 15) is 4.79 Å². The molecule has 0 spiro atoms. The molecule has 0 fully saturated rings. The monoisotopic (exact) mass is 386 g/mol. The molecule has 0 bridgehead atoms. The van der Waals surface area contributed by atoms with Crippen LogP contribution in [0.5, 0.6) is 0 Å². The average Bonchev–Trinajstić information content (AvgIpc) is 2.96. The summed E-state index contributed by atoms with van der Waals surface area (Å²) in [5.41, 5.74) is 2.84. The number of rotatable bonds is 5. The van der Waals surface area contributed by atoms with Crippen molar-refractivity contribution in [3.63, 3.8) is 0 Å². The number of nitrogens with one attached hydrogen (secondary N) is 1. The Bertz CT molecular complexity index is 941. The summed E-state index contributed by atoms with van der Waals surface area (Å²) >= 11 is 7.32. The number of nitrogens with zero attached hydrogens (tertiary/aromatic N) is 3. The van der Waals surface area contributed by atoms with Crippen LogP contribution in [-0.4, -0.2) is 25.9 Å². The first-order valence-corrected chi connectivity index (χ1v) is 9.40. The van der Waals surface area contributed by atoms with Gasteiger partial charge in [-0.3, -0.25) is 4.79 Å². The highest BCUT2D eigenvalue weighted by Gasteiger charge is 2.20. The van der Waals surface area contributed by atoms with Crippen molar-refractivity contribution in [3.05, 3.63) is 59.1 Å². The van der Waals surface area contributed by atoms with Crippen LogP contribution in [0.4, 0.5) is 5.69 Å². The highest BCUT2D eigenvalue weighted by Crippen LogP contribution is 2.28. The Labute approximate surface area is 161 Å². The zero-order valence-electron chi connectivity index (χ0n) is 14.7. The molecule has 3 rings (SSSR count). The van der Waals surface area contributed by atoms with E-state index in [0.717, 1.165) is 17.0 Å². The van der Waals surface area contributed by atoms with Crippen LogP contribution in [0.25, 0.3) is 11.4 Å². The van der Waals surface area contributed by atoms with Crippen molar-refractivity contribution in [1.29, 1.82) is 0 Å². The van der Waals surface area contributed by atoms with E-state index < -0.39 is 0 Å². The fourth-order valence-electron chi connectivity index (χ4n) is 2.50. The number of halogens is 1. The SMILES string of the molecule is Cc1ccccc1-c1nnc(SC(C)C(=O)Nc2cccc(Cl)c2)n1C. The minimum atomic E-state index is -0.332. The van der Waals surface area contributed by atoms with Crippen LogP contribution in [0.3, 0.4) is 0 Å². The molecule has 1 aromatic heterocycles. The van der Waals surface area contributed by atoms with Crippen LogP contribution >= 0.6 is 23.4 Å². The molecule has 1 heterocycles. The maximum Gasteiger partial charge on any atom is 0.237 e. The molecule has 1 unspecified atom stereocenters. The lowest BCUT2D eigenvalue weighted by Crippen LogP contribution is -2.22. The van der Waals surface area contributed by atoms with Gasteiger partial charge in [-0.1, -0.05) is 53.7 Å². The number of aryl methyl sites for hydroxylation is 1. The maximum absolute atomic E-state index is 12.4. The zero-order valence-corrected chi connectivity index (χ0v) is 16.3. The number of amides is 1. The normalized spacial score (nSPS) is 12.0. The lowest BCUT2D eigenvalue weighted by molar-refractivity contribution is -0.115. The molecular weight excluding hydrogens is 368 g/mol. The molecule has 7 heteroatoms. The largest absolute Gasteiger partial charge is 0.325 e. The van der Waals surface area contributed by atoms with Crippen molar-refractivity contribution in [3.8, 4) is 11.4 Å². The molecule has 0 radical (unpaired) electrons. The quantitative estimate of drug-likeness (QED) is 0.653. The van der Waals surface area contributed by atoms with Crippen LogP contribution < -0.4 is 5.32 Å². The number of anilines is 1. The fourth-order valence-corrected chi connectivity index (χ4v) is 3.50. The average molecular weight is 387 g/mol. The maximum atomic E-state index is 12.4. The fraction of sp³-hybridized carbons (Fsp3) is 0.211. The van der Waals surface area contributed by atoms with Crippen molar-refractivity contribution in [2.75, 3.05) is 5.32 Å². The summed E-state index contributed by atoms with van der Waals surface area (Å²) in [4.78, 5) is 12.4. The zero-order chi connectivity index (χ0) is 18.7. The number of thioether (sulfide) groups is 1. The smallest absolute Gasteiger partial charge is 0.237 e. The summed E-state index contributed by atoms with van der Waals surface area (Å²) in [7, 11) is 1.91. The third-order valence-electron chi connectivity index (χ3n) is 3.96. The second kappa shape index (κ2) is 7.93. The molecular formula is C19H19ClN4OS. The molecule has 2 aromatic carbocycles. The van der Waals surface area contributed by atoms with Gasteiger partial charge in [-0.15, -0.1) is 10.2 Å². The molecule has 1 N–H and O–H groups in total. The predicted octanol–water partition coefficient (Wildman–Crippen LogP) is 4.56. The third kappa shape index (κ3) is 4.08. The lowest BCUT2D eigenvalue weighted by atomic mass is 10.1. The van der Waals surface area contributed by atoms with Crippen molar-refractivity contribution in [1.82, 2.24) is 14.8 Å². The van der Waals surface area contributed by atoms with Crippen LogP contribution in [0.2, 0.25) is 5.02 Å². The number of benzene rings is 2. The number of aromatic nitrogens is 3. The Morgan fingerprint density at radius 1 is 1.19 bits per heavy atom. The van der Waals surface area contributed by atoms with Gasteiger partial charge in [0.05, 0.1) is 5.25 Å². The summed E-state index contributed by atoms with van der Waals surface area (Å²) in [6, 6.07) is 15.1. The molecule has 5 nitrogen and oxygen atoms in total. The van der Waals surface area contributed by atoms with E-state index >= 15 is 0 Å². The molecule has 0 aliphatic rings. The number of hydrogen-bond donors (Lipinski definition) is 1. The molecule has 1 amide bonds. The molecule has 3 aromatic rings. The summed E-state index contributed by atoms with van der Waals surface area (Å²) in [6.45, 7) is 3.88. The summed E-state index contributed by atoms with van der Waals surface area (Å²) in [6.07, 6.45) is 0. The van der Waals surface area contributed by atoms with Crippen molar-refractivity contribution in [2.45, 2.75) is 24.3 Å². The van der Waals surface area contributed by atoms with Gasteiger partial charge < -0.3 is 9.88 Å². The van der Waals surface area contributed by atoms with Gasteiger partial charge >= 0.3 is 0 Å². The summed E-state index contributed by atoms with van der Waals surface area (Å²) < 4.78 is 1.91. The van der Waals surface area contributed by atoms with Gasteiger partial charge in [-0.05, 0) is 37.6 Å². The number of carbonyl (C=O) groups excluding carboxylic acids is 1. The summed E-state index contributed by atoms with van der Waals surface area (Å²) in [5, 5.41) is 12.4. The second-order valence-corrected chi connectivity index (χ2v) is 7.68. The van der Waals surface area contributed by atoms with Crippen LogP contribution in [-0.2, 0) is 11.8 Å². The topological polar surface area (TPSA) is 59.8 Å². The predicted molar refractivity (Wildman–Crippen MR) is 107 cm³/mol. The standard InChI is InChI=1S/C19H19ClN4OS/c1-12-7-4-5-10-16(12)17-22-23-19(24(17)3)26-13(2)18(25)21-15-9-6-8-14(20)11-15/h4-11,13H,1-3H3,(H,21,25). The van der Waals surface area contributed by atoms with Crippen molar-refractivity contribution < 1.29 is 4.79 Å². The molecule has 1 atom stereocenters. The van der Waals surface area contributed by atoms with E-state index in [2.05, 4.69) is 15.5 Å². The van der Waals surface area contributed by atoms with Crippen LogP contribution in [0.15, 0.2) is 53.7 Å². The van der Waals surface area contributed by atoms with Crippen LogP contribution in [0.1, 0.15) is 12.5 Å². The van der Waals surface area contributed by atoms with E-state index in [1.807, 2.05) is 49.7 Å². The second-order valence-electron chi connectivity index (χ2n) is 5.94. The lowest BCUT2D eigenvalue weighted by Gasteiger charge is -2.12. The number of carbonyl (C=O) groups is 1.